The summed E-state index contributed by atoms with van der Waals surface area (Å²) >= 11 is 8.29. The normalized spacial score (nSPS) is 11.5. The standard InChI is InChI=1S/C28H33ClN2O2S.ClH/c1-7-9-10-25(22-13-11-21(12-14-22)18-32-5)31(15-8-2)28-30-27(20(4)34-28)23-16-19(3)26(33-6)17-24(23)29;/h2,11-14,16-17,25H,7,9-10,15,18H2,1,3-6H3;1H/t25-;/m0./s1. The first-order valence-electron chi connectivity index (χ1n) is 11.5. The third-order valence-electron chi connectivity index (χ3n) is 5.92. The van der Waals surface area contributed by atoms with Gasteiger partial charge in [0.2, 0.25) is 0 Å². The Bertz CT molecular complexity index is 1140. The lowest BCUT2D eigenvalue weighted by atomic mass is 9.98. The number of ether oxygens (including phenoxy) is 2. The van der Waals surface area contributed by atoms with Crippen LogP contribution in [0.1, 0.15) is 53.8 Å². The van der Waals surface area contributed by atoms with Crippen LogP contribution in [0.3, 0.4) is 0 Å². The van der Waals surface area contributed by atoms with E-state index in [0.29, 0.717) is 18.2 Å². The SMILES string of the molecule is C#CCN(c1nc(-c2cc(C)c(OC)cc2Cl)c(C)s1)[C@@H](CCCC)c1ccc(COC)cc1.Cl. The summed E-state index contributed by atoms with van der Waals surface area (Å²) in [5.41, 5.74) is 5.21. The number of hydrogen-bond donors (Lipinski definition) is 0. The van der Waals surface area contributed by atoms with E-state index in [4.69, 9.17) is 32.5 Å². The largest absolute Gasteiger partial charge is 0.496 e. The zero-order chi connectivity index (χ0) is 24.7. The molecular formula is C28H34Cl2N2O2S. The monoisotopic (exact) mass is 532 g/mol. The second kappa shape index (κ2) is 13.8. The summed E-state index contributed by atoms with van der Waals surface area (Å²) in [6, 6.07) is 12.7. The zero-order valence-corrected chi connectivity index (χ0v) is 23.4. The molecule has 35 heavy (non-hydrogen) atoms. The molecule has 3 aromatic rings. The number of unbranched alkanes of at least 4 members (excludes halogenated alkanes) is 1. The van der Waals surface area contributed by atoms with Gasteiger partial charge in [0, 0.05) is 17.6 Å². The highest BCUT2D eigenvalue weighted by atomic mass is 35.5. The van der Waals surface area contributed by atoms with Crippen LogP contribution in [-0.4, -0.2) is 25.7 Å². The lowest BCUT2D eigenvalue weighted by Crippen LogP contribution is -2.29. The van der Waals surface area contributed by atoms with Gasteiger partial charge in [-0.05, 0) is 49.1 Å². The summed E-state index contributed by atoms with van der Waals surface area (Å²) in [5.74, 6) is 3.63. The van der Waals surface area contributed by atoms with E-state index in [0.717, 1.165) is 57.4 Å². The molecule has 2 aromatic carbocycles. The molecule has 0 amide bonds. The summed E-state index contributed by atoms with van der Waals surface area (Å²) in [6.45, 7) is 7.39. The first-order valence-corrected chi connectivity index (χ1v) is 12.7. The van der Waals surface area contributed by atoms with Crippen molar-refractivity contribution in [1.82, 2.24) is 4.98 Å². The number of benzene rings is 2. The molecule has 0 fully saturated rings. The smallest absolute Gasteiger partial charge is 0.187 e. The number of thiazole rings is 1. The van der Waals surface area contributed by atoms with E-state index in [-0.39, 0.29) is 18.4 Å². The molecule has 3 rings (SSSR count). The maximum atomic E-state index is 6.63. The van der Waals surface area contributed by atoms with Gasteiger partial charge in [-0.2, -0.15) is 0 Å². The Morgan fingerprint density at radius 2 is 1.89 bits per heavy atom. The van der Waals surface area contributed by atoms with Crippen molar-refractivity contribution in [1.29, 1.82) is 0 Å². The van der Waals surface area contributed by atoms with Crippen LogP contribution >= 0.6 is 35.3 Å². The van der Waals surface area contributed by atoms with Gasteiger partial charge in [-0.15, -0.1) is 30.2 Å². The molecule has 0 aliphatic carbocycles. The number of halogens is 2. The van der Waals surface area contributed by atoms with Crippen molar-refractivity contribution in [2.45, 2.75) is 52.7 Å². The van der Waals surface area contributed by atoms with Gasteiger partial charge in [0.15, 0.2) is 5.13 Å². The fourth-order valence-corrected chi connectivity index (χ4v) is 5.35. The van der Waals surface area contributed by atoms with Crippen LogP contribution in [-0.2, 0) is 11.3 Å². The molecule has 0 aliphatic heterocycles. The molecule has 1 atom stereocenters. The van der Waals surface area contributed by atoms with E-state index in [1.165, 1.54) is 5.56 Å². The van der Waals surface area contributed by atoms with Crippen molar-refractivity contribution < 1.29 is 9.47 Å². The van der Waals surface area contributed by atoms with Crippen LogP contribution in [0.2, 0.25) is 5.02 Å². The van der Waals surface area contributed by atoms with Crippen molar-refractivity contribution in [2.75, 3.05) is 25.7 Å². The summed E-state index contributed by atoms with van der Waals surface area (Å²) in [7, 11) is 3.37. The highest BCUT2D eigenvalue weighted by molar-refractivity contribution is 7.16. The van der Waals surface area contributed by atoms with Gasteiger partial charge >= 0.3 is 0 Å². The fraction of sp³-hybridized carbons (Fsp3) is 0.393. The average Bonchev–Trinajstić information content (AvgIpc) is 3.21. The minimum absolute atomic E-state index is 0. The molecule has 0 bridgehead atoms. The van der Waals surface area contributed by atoms with E-state index < -0.39 is 0 Å². The maximum Gasteiger partial charge on any atom is 0.187 e. The molecule has 7 heteroatoms. The van der Waals surface area contributed by atoms with Crippen LogP contribution in [0.5, 0.6) is 5.75 Å². The van der Waals surface area contributed by atoms with Gasteiger partial charge in [-0.1, -0.05) is 61.6 Å². The minimum Gasteiger partial charge on any atom is -0.496 e. The Kier molecular flexibility index (Phi) is 11.4. The molecule has 0 unspecified atom stereocenters. The van der Waals surface area contributed by atoms with E-state index in [1.54, 1.807) is 25.6 Å². The summed E-state index contributed by atoms with van der Waals surface area (Å²) in [6.07, 6.45) is 9.06. The number of terminal acetylenes is 1. The maximum absolute atomic E-state index is 6.63. The molecule has 188 valence electrons. The highest BCUT2D eigenvalue weighted by Gasteiger charge is 2.25. The third kappa shape index (κ3) is 6.92. The molecule has 0 aliphatic rings. The van der Waals surface area contributed by atoms with Crippen molar-refractivity contribution in [3.8, 4) is 29.4 Å². The number of methoxy groups -OCH3 is 2. The Labute approximate surface area is 225 Å². The van der Waals surface area contributed by atoms with Gasteiger partial charge in [-0.25, -0.2) is 4.98 Å². The number of hydrogen-bond acceptors (Lipinski definition) is 5. The molecule has 1 aromatic heterocycles. The van der Waals surface area contributed by atoms with Crippen LogP contribution in [0, 0.1) is 26.2 Å². The molecule has 1 heterocycles. The van der Waals surface area contributed by atoms with Crippen LogP contribution in [0.25, 0.3) is 11.3 Å². The Balaban J connectivity index is 0.00000432. The van der Waals surface area contributed by atoms with Gasteiger partial charge < -0.3 is 14.4 Å². The number of rotatable bonds is 11. The van der Waals surface area contributed by atoms with Gasteiger partial charge in [0.25, 0.3) is 0 Å². The second-order valence-corrected chi connectivity index (χ2v) is 9.96. The van der Waals surface area contributed by atoms with Crippen molar-refractivity contribution in [2.24, 2.45) is 0 Å². The lowest BCUT2D eigenvalue weighted by Gasteiger charge is -2.30. The molecule has 0 N–H and O–H groups in total. The second-order valence-electron chi connectivity index (χ2n) is 8.37. The lowest BCUT2D eigenvalue weighted by molar-refractivity contribution is 0.185. The average molecular weight is 534 g/mol. The molecule has 0 radical (unpaired) electrons. The minimum atomic E-state index is 0. The van der Waals surface area contributed by atoms with Crippen molar-refractivity contribution in [3.05, 3.63) is 63.0 Å². The Morgan fingerprint density at radius 3 is 2.49 bits per heavy atom. The van der Waals surface area contributed by atoms with Gasteiger partial charge in [0.1, 0.15) is 5.75 Å². The third-order valence-corrected chi connectivity index (χ3v) is 7.24. The van der Waals surface area contributed by atoms with Crippen molar-refractivity contribution >= 4 is 40.5 Å². The summed E-state index contributed by atoms with van der Waals surface area (Å²) in [5, 5.41) is 1.54. The Morgan fingerprint density at radius 1 is 1.17 bits per heavy atom. The van der Waals surface area contributed by atoms with Crippen LogP contribution < -0.4 is 9.64 Å². The quantitative estimate of drug-likeness (QED) is 0.234. The number of aryl methyl sites for hydroxylation is 2. The van der Waals surface area contributed by atoms with E-state index >= 15 is 0 Å². The van der Waals surface area contributed by atoms with E-state index in [1.807, 2.05) is 19.1 Å². The van der Waals surface area contributed by atoms with Crippen LogP contribution in [0.4, 0.5) is 5.13 Å². The number of anilines is 1. The molecule has 4 nitrogen and oxygen atoms in total. The Hall–Kier alpha value is -2.23. The summed E-state index contributed by atoms with van der Waals surface area (Å²) < 4.78 is 10.7. The molecule has 0 spiro atoms. The highest BCUT2D eigenvalue weighted by Crippen LogP contribution is 2.41. The topological polar surface area (TPSA) is 34.6 Å². The van der Waals surface area contributed by atoms with E-state index in [2.05, 4.69) is 48.9 Å². The molecule has 0 saturated carbocycles. The first-order chi connectivity index (χ1) is 16.4. The molecular weight excluding hydrogens is 499 g/mol. The first kappa shape index (κ1) is 29.0. The molecule has 0 saturated heterocycles. The van der Waals surface area contributed by atoms with Gasteiger partial charge in [0.05, 0.1) is 37.0 Å². The number of nitrogens with zero attached hydrogens (tertiary/aromatic N) is 2. The summed E-state index contributed by atoms with van der Waals surface area (Å²) in [4.78, 5) is 8.42. The fourth-order valence-electron chi connectivity index (χ4n) is 4.13. The number of aromatic nitrogens is 1. The predicted molar refractivity (Wildman–Crippen MR) is 151 cm³/mol. The zero-order valence-electron chi connectivity index (χ0n) is 21.1. The van der Waals surface area contributed by atoms with Gasteiger partial charge in [-0.3, -0.25) is 0 Å². The van der Waals surface area contributed by atoms with Crippen LogP contribution in [0.15, 0.2) is 36.4 Å². The predicted octanol–water partition coefficient (Wildman–Crippen LogP) is 8.03. The van der Waals surface area contributed by atoms with Crippen molar-refractivity contribution in [3.63, 3.8) is 0 Å². The van der Waals surface area contributed by atoms with E-state index in [9.17, 15) is 0 Å².